The van der Waals surface area contributed by atoms with Crippen molar-refractivity contribution in [1.29, 1.82) is 0 Å². The summed E-state index contributed by atoms with van der Waals surface area (Å²) in [5, 5.41) is 14.2. The van der Waals surface area contributed by atoms with Crippen molar-refractivity contribution in [3.8, 4) is 17.2 Å². The lowest BCUT2D eigenvalue weighted by atomic mass is 10.2. The molecule has 0 spiro atoms. The van der Waals surface area contributed by atoms with Gasteiger partial charge in [-0.1, -0.05) is 30.3 Å². The van der Waals surface area contributed by atoms with E-state index in [2.05, 4.69) is 25.8 Å². The summed E-state index contributed by atoms with van der Waals surface area (Å²) in [6.45, 7) is 0.279. The molecule has 9 nitrogen and oxygen atoms in total. The van der Waals surface area contributed by atoms with Gasteiger partial charge in [-0.2, -0.15) is 4.68 Å². The second-order valence-corrected chi connectivity index (χ2v) is 6.21. The van der Waals surface area contributed by atoms with Gasteiger partial charge in [-0.05, 0) is 40.3 Å². The molecule has 30 heavy (non-hydrogen) atoms. The monoisotopic (exact) mass is 402 g/mol. The number of methoxy groups -OCH3 is 1. The third-order valence-corrected chi connectivity index (χ3v) is 4.31. The quantitative estimate of drug-likeness (QED) is 0.507. The fourth-order valence-corrected chi connectivity index (χ4v) is 2.87. The van der Waals surface area contributed by atoms with Crippen molar-refractivity contribution in [2.45, 2.75) is 6.61 Å². The maximum Gasteiger partial charge on any atom is 0.255 e. The Morgan fingerprint density at radius 2 is 1.87 bits per heavy atom. The number of pyridine rings is 1. The van der Waals surface area contributed by atoms with Gasteiger partial charge in [-0.3, -0.25) is 9.78 Å². The Balaban J connectivity index is 1.74. The summed E-state index contributed by atoms with van der Waals surface area (Å²) < 4.78 is 13.1. The van der Waals surface area contributed by atoms with E-state index < -0.39 is 0 Å². The number of benzene rings is 2. The van der Waals surface area contributed by atoms with Crippen LogP contribution in [0.4, 0.5) is 5.69 Å². The molecule has 4 aromatic rings. The van der Waals surface area contributed by atoms with Gasteiger partial charge in [0.05, 0.1) is 12.8 Å². The molecule has 2 aromatic carbocycles. The van der Waals surface area contributed by atoms with Crippen LogP contribution in [-0.4, -0.2) is 38.2 Å². The molecule has 2 heterocycles. The number of rotatable bonds is 7. The predicted octanol–water partition coefficient (Wildman–Crippen LogP) is 2.90. The van der Waals surface area contributed by atoms with Crippen molar-refractivity contribution in [3.05, 3.63) is 84.4 Å². The Bertz CT molecular complexity index is 1120. The molecule has 4 rings (SSSR count). The van der Waals surface area contributed by atoms with E-state index >= 15 is 0 Å². The SMILES string of the molecule is COc1ccc(NC(=O)c2ccncc2)c(OCc2ccccc2)c1-n1cnnn1. The zero-order valence-electron chi connectivity index (χ0n) is 16.1. The Labute approximate surface area is 172 Å². The van der Waals surface area contributed by atoms with Gasteiger partial charge < -0.3 is 14.8 Å². The van der Waals surface area contributed by atoms with Gasteiger partial charge in [-0.15, -0.1) is 5.10 Å². The van der Waals surface area contributed by atoms with Crippen molar-refractivity contribution in [1.82, 2.24) is 25.2 Å². The van der Waals surface area contributed by atoms with Crippen molar-refractivity contribution < 1.29 is 14.3 Å². The predicted molar refractivity (Wildman–Crippen MR) is 109 cm³/mol. The molecule has 0 aliphatic rings. The zero-order valence-corrected chi connectivity index (χ0v) is 16.1. The van der Waals surface area contributed by atoms with Crippen molar-refractivity contribution in [2.75, 3.05) is 12.4 Å². The molecular formula is C21H18N6O3. The molecule has 0 fully saturated rings. The molecule has 2 aromatic heterocycles. The van der Waals surface area contributed by atoms with Crippen LogP contribution in [0, 0.1) is 0 Å². The van der Waals surface area contributed by atoms with E-state index in [0.29, 0.717) is 28.4 Å². The normalized spacial score (nSPS) is 10.4. The number of nitrogens with zero attached hydrogens (tertiary/aromatic N) is 5. The average Bonchev–Trinajstić information content (AvgIpc) is 3.33. The van der Waals surface area contributed by atoms with E-state index in [1.165, 1.54) is 11.0 Å². The average molecular weight is 402 g/mol. The van der Waals surface area contributed by atoms with Crippen LogP contribution in [0.15, 0.2) is 73.3 Å². The zero-order chi connectivity index (χ0) is 20.8. The Morgan fingerprint density at radius 1 is 1.07 bits per heavy atom. The summed E-state index contributed by atoms with van der Waals surface area (Å²) >= 11 is 0. The smallest absolute Gasteiger partial charge is 0.255 e. The maximum atomic E-state index is 12.7. The fraction of sp³-hybridized carbons (Fsp3) is 0.0952. The lowest BCUT2D eigenvalue weighted by Crippen LogP contribution is -2.14. The third kappa shape index (κ3) is 4.09. The molecule has 0 aliphatic carbocycles. The van der Waals surface area contributed by atoms with Crippen LogP contribution in [0.1, 0.15) is 15.9 Å². The van der Waals surface area contributed by atoms with Gasteiger partial charge in [0.15, 0.2) is 11.4 Å². The Kier molecular flexibility index (Phi) is 5.61. The first-order valence-corrected chi connectivity index (χ1v) is 9.08. The van der Waals surface area contributed by atoms with Crippen molar-refractivity contribution in [2.24, 2.45) is 0 Å². The van der Waals surface area contributed by atoms with Gasteiger partial charge in [0, 0.05) is 18.0 Å². The lowest BCUT2D eigenvalue weighted by Gasteiger charge is -2.18. The van der Waals surface area contributed by atoms with E-state index in [4.69, 9.17) is 9.47 Å². The molecular weight excluding hydrogens is 384 g/mol. The first-order chi connectivity index (χ1) is 14.8. The summed E-state index contributed by atoms with van der Waals surface area (Å²) in [6.07, 6.45) is 4.55. The number of carbonyl (C=O) groups excluding carboxylic acids is 1. The standard InChI is InChI=1S/C21H18N6O3/c1-29-18-8-7-17(24-21(28)16-9-11-22-12-10-16)20(19(18)27-14-23-25-26-27)30-13-15-5-3-2-4-6-15/h2-12,14H,13H2,1H3,(H,24,28). The highest BCUT2D eigenvalue weighted by molar-refractivity contribution is 6.05. The summed E-state index contributed by atoms with van der Waals surface area (Å²) in [4.78, 5) is 16.7. The van der Waals surface area contributed by atoms with E-state index in [1.54, 1.807) is 43.8 Å². The molecule has 0 aliphatic heterocycles. The van der Waals surface area contributed by atoms with Gasteiger partial charge in [0.2, 0.25) is 0 Å². The second kappa shape index (κ2) is 8.82. The highest BCUT2D eigenvalue weighted by atomic mass is 16.5. The first-order valence-electron chi connectivity index (χ1n) is 9.08. The van der Waals surface area contributed by atoms with Gasteiger partial charge in [0.1, 0.15) is 18.7 Å². The number of hydrogen-bond donors (Lipinski definition) is 1. The molecule has 150 valence electrons. The van der Waals surface area contributed by atoms with Crippen LogP contribution >= 0.6 is 0 Å². The lowest BCUT2D eigenvalue weighted by molar-refractivity contribution is 0.102. The fourth-order valence-electron chi connectivity index (χ4n) is 2.87. The molecule has 0 saturated carbocycles. The van der Waals surface area contributed by atoms with Crippen LogP contribution in [0.3, 0.4) is 0 Å². The Morgan fingerprint density at radius 3 is 2.57 bits per heavy atom. The summed E-state index contributed by atoms with van der Waals surface area (Å²) in [6, 6.07) is 16.4. The van der Waals surface area contributed by atoms with E-state index in [9.17, 15) is 4.79 Å². The minimum atomic E-state index is -0.296. The molecule has 1 amide bonds. The Hall–Kier alpha value is -4.27. The highest BCUT2D eigenvalue weighted by Crippen LogP contribution is 2.39. The first kappa shape index (κ1) is 19.1. The molecule has 0 bridgehead atoms. The van der Waals surface area contributed by atoms with Gasteiger partial charge in [-0.25, -0.2) is 0 Å². The summed E-state index contributed by atoms with van der Waals surface area (Å²) in [5.41, 5.74) is 2.37. The maximum absolute atomic E-state index is 12.7. The van der Waals surface area contributed by atoms with Crippen LogP contribution < -0.4 is 14.8 Å². The summed E-state index contributed by atoms with van der Waals surface area (Å²) in [7, 11) is 1.54. The van der Waals surface area contributed by atoms with E-state index in [-0.39, 0.29) is 12.5 Å². The molecule has 0 radical (unpaired) electrons. The van der Waals surface area contributed by atoms with Crippen LogP contribution in [0.2, 0.25) is 0 Å². The number of amides is 1. The summed E-state index contributed by atoms with van der Waals surface area (Å²) in [5.74, 6) is 0.579. The second-order valence-electron chi connectivity index (χ2n) is 6.21. The number of ether oxygens (including phenoxy) is 2. The van der Waals surface area contributed by atoms with Gasteiger partial charge >= 0.3 is 0 Å². The molecule has 0 unspecified atom stereocenters. The minimum Gasteiger partial charge on any atom is -0.494 e. The minimum absolute atomic E-state index is 0.279. The number of hydrogen-bond acceptors (Lipinski definition) is 7. The number of tetrazole rings is 1. The van der Waals surface area contributed by atoms with Crippen LogP contribution in [0.25, 0.3) is 5.69 Å². The molecule has 1 N–H and O–H groups in total. The van der Waals surface area contributed by atoms with Crippen LogP contribution in [-0.2, 0) is 6.61 Å². The topological polar surface area (TPSA) is 104 Å². The third-order valence-electron chi connectivity index (χ3n) is 4.31. The van der Waals surface area contributed by atoms with E-state index in [1.807, 2.05) is 30.3 Å². The molecule has 0 atom stereocenters. The number of anilines is 1. The van der Waals surface area contributed by atoms with E-state index in [0.717, 1.165) is 5.56 Å². The van der Waals surface area contributed by atoms with Gasteiger partial charge in [0.25, 0.3) is 5.91 Å². The molecule has 9 heteroatoms. The largest absolute Gasteiger partial charge is 0.494 e. The van der Waals surface area contributed by atoms with Crippen molar-refractivity contribution >= 4 is 11.6 Å². The number of carbonyl (C=O) groups is 1. The number of aromatic nitrogens is 5. The van der Waals surface area contributed by atoms with Crippen molar-refractivity contribution in [3.63, 3.8) is 0 Å². The molecule has 0 saturated heterocycles. The van der Waals surface area contributed by atoms with Crippen LogP contribution in [0.5, 0.6) is 11.5 Å². The number of nitrogens with one attached hydrogen (secondary N) is 1. The highest BCUT2D eigenvalue weighted by Gasteiger charge is 2.21.